The van der Waals surface area contributed by atoms with Crippen molar-refractivity contribution in [2.75, 3.05) is 24.7 Å². The molecule has 0 saturated carbocycles. The van der Waals surface area contributed by atoms with E-state index in [0.29, 0.717) is 0 Å². The van der Waals surface area contributed by atoms with Crippen LogP contribution in [0.4, 0.5) is 0 Å². The highest BCUT2D eigenvalue weighted by Crippen LogP contribution is 2.44. The summed E-state index contributed by atoms with van der Waals surface area (Å²) < 4.78 is 12.2. The van der Waals surface area contributed by atoms with Gasteiger partial charge >= 0.3 is 0 Å². The SMILES string of the molecule is CCCC[SiH](OCC)C(C)CCSSSSCCC(C)[SiH](CCCC)OCC. The van der Waals surface area contributed by atoms with E-state index < -0.39 is 18.1 Å². The fourth-order valence-corrected chi connectivity index (χ4v) is 15.8. The molecule has 0 fully saturated rings. The van der Waals surface area contributed by atoms with Gasteiger partial charge in [0, 0.05) is 24.7 Å². The van der Waals surface area contributed by atoms with Gasteiger partial charge in [-0.15, -0.1) is 0 Å². The molecule has 0 radical (unpaired) electrons. The molecule has 0 rings (SSSR count). The van der Waals surface area contributed by atoms with Crippen molar-refractivity contribution >= 4 is 59.3 Å². The minimum absolute atomic E-state index is 0.807. The minimum atomic E-state index is -0.994. The van der Waals surface area contributed by atoms with E-state index >= 15 is 0 Å². The fraction of sp³-hybridized carbons (Fsp3) is 1.00. The molecule has 0 aliphatic heterocycles. The molecule has 4 atom stereocenters. The zero-order valence-corrected chi connectivity index (χ0v) is 24.8. The highest BCUT2D eigenvalue weighted by Gasteiger charge is 2.20. The lowest BCUT2D eigenvalue weighted by molar-refractivity contribution is 0.331. The van der Waals surface area contributed by atoms with E-state index in [-0.39, 0.29) is 0 Å². The summed E-state index contributed by atoms with van der Waals surface area (Å²) >= 11 is 0. The number of hydrogen-bond donors (Lipinski definition) is 0. The Hall–Kier alpha value is 1.75. The van der Waals surface area contributed by atoms with E-state index in [0.717, 1.165) is 24.3 Å². The number of hydrogen-bond acceptors (Lipinski definition) is 6. The number of rotatable bonds is 21. The molecule has 0 aromatic carbocycles. The highest BCUT2D eigenvalue weighted by molar-refractivity contribution is 9.26. The summed E-state index contributed by atoms with van der Waals surface area (Å²) in [5, 5.41) is 0. The van der Waals surface area contributed by atoms with Crippen LogP contribution < -0.4 is 0 Å². The third kappa shape index (κ3) is 16.4. The first kappa shape index (κ1) is 29.8. The first-order valence-electron chi connectivity index (χ1n) is 11.4. The molecule has 0 saturated heterocycles. The molecule has 0 aliphatic rings. The largest absolute Gasteiger partial charge is 0.420 e. The van der Waals surface area contributed by atoms with E-state index in [2.05, 4.69) is 41.5 Å². The Balaban J connectivity index is 3.76. The molecule has 0 bridgehead atoms. The molecule has 4 unspecified atom stereocenters. The summed E-state index contributed by atoms with van der Waals surface area (Å²) in [4.78, 5) is 0. The van der Waals surface area contributed by atoms with Gasteiger partial charge < -0.3 is 8.85 Å². The van der Waals surface area contributed by atoms with Crippen LogP contribution in [-0.4, -0.2) is 42.8 Å². The second-order valence-corrected chi connectivity index (χ2v) is 20.1. The average Bonchev–Trinajstić information content (AvgIpc) is 2.69. The van der Waals surface area contributed by atoms with Crippen LogP contribution in [0.5, 0.6) is 0 Å². The van der Waals surface area contributed by atoms with Crippen LogP contribution in [-0.2, 0) is 8.85 Å². The van der Waals surface area contributed by atoms with Crippen LogP contribution in [0.1, 0.15) is 80.1 Å². The molecule has 28 heavy (non-hydrogen) atoms. The molecular weight excluding hydrogens is 457 g/mol. The molecule has 0 spiro atoms. The van der Waals surface area contributed by atoms with E-state index in [1.807, 2.05) is 41.2 Å². The Labute approximate surface area is 195 Å². The topological polar surface area (TPSA) is 18.5 Å². The van der Waals surface area contributed by atoms with Crippen LogP contribution in [0.2, 0.25) is 23.2 Å². The van der Waals surface area contributed by atoms with Crippen molar-refractivity contribution in [1.82, 2.24) is 0 Å². The zero-order valence-electron chi connectivity index (χ0n) is 19.2. The third-order valence-electron chi connectivity index (χ3n) is 5.15. The summed E-state index contributed by atoms with van der Waals surface area (Å²) in [6, 6.07) is 2.72. The Morgan fingerprint density at radius 3 is 1.39 bits per heavy atom. The van der Waals surface area contributed by atoms with E-state index in [4.69, 9.17) is 8.85 Å². The van der Waals surface area contributed by atoms with Gasteiger partial charge in [0.15, 0.2) is 18.1 Å². The van der Waals surface area contributed by atoms with Gasteiger partial charge in [-0.05, 0) is 69.5 Å². The Morgan fingerprint density at radius 2 is 1.07 bits per heavy atom. The molecule has 8 heteroatoms. The van der Waals surface area contributed by atoms with Crippen LogP contribution in [0.15, 0.2) is 0 Å². The van der Waals surface area contributed by atoms with Crippen molar-refractivity contribution < 1.29 is 8.85 Å². The fourth-order valence-electron chi connectivity index (χ4n) is 3.25. The van der Waals surface area contributed by atoms with Crippen LogP contribution in [0, 0.1) is 0 Å². The lowest BCUT2D eigenvalue weighted by Crippen LogP contribution is -2.23. The van der Waals surface area contributed by atoms with Gasteiger partial charge in [0.05, 0.1) is 0 Å². The summed E-state index contributed by atoms with van der Waals surface area (Å²) in [5.74, 6) is 2.52. The Morgan fingerprint density at radius 1 is 0.679 bits per heavy atom. The predicted molar refractivity (Wildman–Crippen MR) is 145 cm³/mol. The minimum Gasteiger partial charge on any atom is -0.420 e. The normalized spacial score (nSPS) is 16.1. The Bertz CT molecular complexity index is 301. The van der Waals surface area contributed by atoms with Crippen molar-refractivity contribution in [2.45, 2.75) is 103 Å². The molecule has 0 heterocycles. The predicted octanol–water partition coefficient (Wildman–Crippen LogP) is 8.35. The second-order valence-electron chi connectivity index (χ2n) is 7.58. The van der Waals surface area contributed by atoms with Gasteiger partial charge in [0.2, 0.25) is 0 Å². The second kappa shape index (κ2) is 22.0. The smallest absolute Gasteiger partial charge is 0.179 e. The molecule has 2 nitrogen and oxygen atoms in total. The van der Waals surface area contributed by atoms with Crippen LogP contribution >= 0.6 is 41.2 Å². The van der Waals surface area contributed by atoms with Gasteiger partial charge in [0.25, 0.3) is 0 Å². The molecule has 0 aromatic rings. The maximum atomic E-state index is 6.11. The van der Waals surface area contributed by atoms with Gasteiger partial charge in [-0.25, -0.2) is 0 Å². The quantitative estimate of drug-likeness (QED) is 0.0885. The summed E-state index contributed by atoms with van der Waals surface area (Å²) in [6.45, 7) is 15.5. The van der Waals surface area contributed by atoms with Crippen molar-refractivity contribution in [3.63, 3.8) is 0 Å². The van der Waals surface area contributed by atoms with Crippen LogP contribution in [0.25, 0.3) is 0 Å². The lowest BCUT2D eigenvalue weighted by atomic mass is 10.4. The van der Waals surface area contributed by atoms with Crippen molar-refractivity contribution in [2.24, 2.45) is 0 Å². The molecule has 0 aromatic heterocycles. The van der Waals surface area contributed by atoms with Gasteiger partial charge in [-0.2, -0.15) is 0 Å². The highest BCUT2D eigenvalue weighted by atomic mass is 33.7. The van der Waals surface area contributed by atoms with Gasteiger partial charge in [-0.1, -0.05) is 75.0 Å². The summed E-state index contributed by atoms with van der Waals surface area (Å²) in [6.07, 6.45) is 7.93. The summed E-state index contributed by atoms with van der Waals surface area (Å²) in [5.41, 5.74) is 1.61. The van der Waals surface area contributed by atoms with Crippen LogP contribution in [0.3, 0.4) is 0 Å². The molecular formula is C20H46O2S4Si2. The van der Waals surface area contributed by atoms with E-state index in [1.165, 1.54) is 62.1 Å². The van der Waals surface area contributed by atoms with E-state index in [1.54, 1.807) is 0 Å². The average molecular weight is 503 g/mol. The van der Waals surface area contributed by atoms with Gasteiger partial charge in [-0.3, -0.25) is 0 Å². The van der Waals surface area contributed by atoms with Crippen molar-refractivity contribution in [1.29, 1.82) is 0 Å². The zero-order chi connectivity index (χ0) is 21.0. The maximum Gasteiger partial charge on any atom is 0.179 e. The van der Waals surface area contributed by atoms with Crippen molar-refractivity contribution in [3.8, 4) is 0 Å². The Kier molecular flexibility index (Phi) is 23.3. The molecule has 0 amide bonds. The third-order valence-corrected chi connectivity index (χ3v) is 18.4. The van der Waals surface area contributed by atoms with Gasteiger partial charge in [0.1, 0.15) is 0 Å². The monoisotopic (exact) mass is 502 g/mol. The first-order chi connectivity index (χ1) is 13.6. The summed E-state index contributed by atoms with van der Waals surface area (Å²) in [7, 11) is 6.03. The lowest BCUT2D eigenvalue weighted by Gasteiger charge is -2.22. The molecule has 0 aliphatic carbocycles. The van der Waals surface area contributed by atoms with Crippen molar-refractivity contribution in [3.05, 3.63) is 0 Å². The maximum absolute atomic E-state index is 6.11. The number of unbranched alkanes of at least 4 members (excludes halogenated alkanes) is 2. The molecule has 0 N–H and O–H groups in total. The first-order valence-corrected chi connectivity index (χ1v) is 20.5. The van der Waals surface area contributed by atoms with E-state index in [9.17, 15) is 0 Å². The molecule has 170 valence electrons. The standard InChI is InChI=1S/C20H46O2S4Si2/c1-7-11-17-27(21-9-3)19(5)13-15-23-25-26-24-16-14-20(6)28(22-10-4)18-12-8-2/h19-20,27-28H,7-18H2,1-6H3.